The van der Waals surface area contributed by atoms with E-state index in [1.165, 1.54) is 11.1 Å². The van der Waals surface area contributed by atoms with Crippen LogP contribution in [0.25, 0.3) is 0 Å². The molecular weight excluding hydrogens is 398 g/mol. The summed E-state index contributed by atoms with van der Waals surface area (Å²) in [6.07, 6.45) is 4.52. The highest BCUT2D eigenvalue weighted by molar-refractivity contribution is 6.02. The van der Waals surface area contributed by atoms with Gasteiger partial charge in [-0.15, -0.1) is 0 Å². The van der Waals surface area contributed by atoms with Crippen LogP contribution < -0.4 is 10.6 Å². The number of nitrogens with one attached hydrogen (secondary N) is 2. The molecule has 2 aliphatic rings. The van der Waals surface area contributed by atoms with Gasteiger partial charge in [0.2, 0.25) is 5.96 Å². The highest BCUT2D eigenvalue weighted by Gasteiger charge is 2.39. The van der Waals surface area contributed by atoms with Gasteiger partial charge in [-0.1, -0.05) is 60.7 Å². The monoisotopic (exact) mass is 423 g/mol. The molecule has 5 rings (SSSR count). The van der Waals surface area contributed by atoms with Crippen molar-refractivity contribution in [3.8, 4) is 0 Å². The quantitative estimate of drug-likeness (QED) is 0.646. The van der Waals surface area contributed by atoms with Gasteiger partial charge < -0.3 is 10.6 Å². The average Bonchev–Trinajstić information content (AvgIpc) is 3.61. The van der Waals surface area contributed by atoms with Gasteiger partial charge in [-0.3, -0.25) is 4.79 Å². The molecule has 0 bridgehead atoms. The van der Waals surface area contributed by atoms with Crippen molar-refractivity contribution in [2.75, 3.05) is 11.9 Å². The highest BCUT2D eigenvalue weighted by atomic mass is 16.1. The molecule has 2 aromatic carbocycles. The molecule has 1 saturated carbocycles. The first kappa shape index (κ1) is 20.1. The molecule has 0 radical (unpaired) electrons. The molecule has 3 aromatic rings. The number of hydrogen-bond acceptors (Lipinski definition) is 5. The van der Waals surface area contributed by atoms with Crippen molar-refractivity contribution in [2.24, 2.45) is 9.98 Å². The fourth-order valence-corrected chi connectivity index (χ4v) is 4.01. The Hall–Kier alpha value is -3.80. The zero-order valence-electron chi connectivity index (χ0n) is 17.9. The summed E-state index contributed by atoms with van der Waals surface area (Å²) in [6, 6.07) is 24.2. The number of amides is 1. The molecule has 2 N–H and O–H groups in total. The van der Waals surface area contributed by atoms with Crippen molar-refractivity contribution < 1.29 is 4.79 Å². The summed E-state index contributed by atoms with van der Waals surface area (Å²) in [4.78, 5) is 26.2. The largest absolute Gasteiger partial charge is 0.349 e. The number of benzene rings is 2. The van der Waals surface area contributed by atoms with Crippen molar-refractivity contribution in [2.45, 2.75) is 30.7 Å². The molecule has 2 unspecified atom stereocenters. The van der Waals surface area contributed by atoms with Crippen molar-refractivity contribution >= 4 is 23.9 Å². The molecule has 0 spiro atoms. The summed E-state index contributed by atoms with van der Waals surface area (Å²) < 4.78 is 0. The molecule has 1 fully saturated rings. The van der Waals surface area contributed by atoms with Gasteiger partial charge in [0.05, 0.1) is 6.54 Å². The van der Waals surface area contributed by atoms with Gasteiger partial charge in [-0.25, -0.2) is 15.0 Å². The van der Waals surface area contributed by atoms with Crippen molar-refractivity contribution in [1.29, 1.82) is 0 Å². The second-order valence-electron chi connectivity index (χ2n) is 8.57. The van der Waals surface area contributed by atoms with E-state index in [2.05, 4.69) is 56.8 Å². The Morgan fingerprint density at radius 3 is 2.50 bits per heavy atom. The number of hydrogen-bond donors (Lipinski definition) is 2. The summed E-state index contributed by atoms with van der Waals surface area (Å²) in [5, 5.41) is 6.25. The number of guanidine groups is 1. The molecule has 0 saturated heterocycles. The zero-order valence-corrected chi connectivity index (χ0v) is 17.9. The number of aliphatic imine (C=N–C) groups is 2. The maximum atomic E-state index is 12.7. The maximum Gasteiger partial charge on any atom is 0.251 e. The Morgan fingerprint density at radius 2 is 1.78 bits per heavy atom. The SMILES string of the molecule is C[C@@]1(c2ccccc2)C=NC(Nc2cc(C(=O)NC3CC3c3ccccc3)ccn2)=NC1. The van der Waals surface area contributed by atoms with E-state index in [0.717, 1.165) is 6.42 Å². The van der Waals surface area contributed by atoms with Gasteiger partial charge in [0, 0.05) is 35.3 Å². The number of aromatic nitrogens is 1. The van der Waals surface area contributed by atoms with Gasteiger partial charge in [0.15, 0.2) is 0 Å². The third kappa shape index (κ3) is 4.30. The number of rotatable bonds is 5. The molecule has 3 atom stereocenters. The number of anilines is 1. The van der Waals surface area contributed by atoms with Gasteiger partial charge in [0.25, 0.3) is 5.91 Å². The lowest BCUT2D eigenvalue weighted by molar-refractivity contribution is 0.0950. The van der Waals surface area contributed by atoms with E-state index >= 15 is 0 Å². The van der Waals surface area contributed by atoms with Crippen molar-refractivity contribution in [3.05, 3.63) is 95.7 Å². The molecule has 1 aliphatic carbocycles. The molecule has 6 heteroatoms. The first-order chi connectivity index (χ1) is 15.6. The summed E-state index contributed by atoms with van der Waals surface area (Å²) in [5.41, 5.74) is 2.78. The van der Waals surface area contributed by atoms with E-state index in [0.29, 0.717) is 29.8 Å². The standard InChI is InChI=1S/C26H25N5O/c1-26(20-10-6-3-7-11-20)16-28-25(29-17-26)31-23-14-19(12-13-27-23)24(32)30-22-15-21(22)18-8-4-2-5-9-18/h2-14,16,21-22H,15,17H2,1H3,(H,30,32)(H,27,29,31)/t21?,22?,26-/m1/s1. The Balaban J connectivity index is 1.21. The lowest BCUT2D eigenvalue weighted by Crippen LogP contribution is -2.33. The molecule has 32 heavy (non-hydrogen) atoms. The van der Waals surface area contributed by atoms with Crippen LogP contribution in [-0.2, 0) is 5.41 Å². The van der Waals surface area contributed by atoms with Crippen LogP contribution in [-0.4, -0.2) is 35.7 Å². The summed E-state index contributed by atoms with van der Waals surface area (Å²) in [5.74, 6) is 1.34. The normalized spacial score (nSPS) is 23.8. The molecule has 6 nitrogen and oxygen atoms in total. The Kier molecular flexibility index (Phi) is 5.27. The fraction of sp³-hybridized carbons (Fsp3) is 0.231. The molecule has 1 amide bonds. The number of carbonyl (C=O) groups excluding carboxylic acids is 1. The lowest BCUT2D eigenvalue weighted by Gasteiger charge is -2.26. The van der Waals surface area contributed by atoms with Gasteiger partial charge in [-0.2, -0.15) is 0 Å². The second kappa shape index (κ2) is 8.38. The van der Waals surface area contributed by atoms with E-state index < -0.39 is 0 Å². The van der Waals surface area contributed by atoms with E-state index in [1.807, 2.05) is 42.6 Å². The minimum atomic E-state index is -0.235. The Morgan fingerprint density at radius 1 is 1.03 bits per heavy atom. The Labute approximate surface area is 187 Å². The summed E-state index contributed by atoms with van der Waals surface area (Å²) in [6.45, 7) is 2.71. The van der Waals surface area contributed by atoms with Gasteiger partial charge in [-0.05, 0) is 36.6 Å². The average molecular weight is 424 g/mol. The third-order valence-electron chi connectivity index (χ3n) is 6.06. The van der Waals surface area contributed by atoms with Gasteiger partial charge >= 0.3 is 0 Å². The highest BCUT2D eigenvalue weighted by Crippen LogP contribution is 2.40. The van der Waals surface area contributed by atoms with E-state index in [1.54, 1.807) is 18.3 Å². The smallest absolute Gasteiger partial charge is 0.251 e. The maximum absolute atomic E-state index is 12.7. The summed E-state index contributed by atoms with van der Waals surface area (Å²) in [7, 11) is 0. The minimum absolute atomic E-state index is 0.0929. The predicted molar refractivity (Wildman–Crippen MR) is 128 cm³/mol. The topological polar surface area (TPSA) is 78.7 Å². The number of carbonyl (C=O) groups is 1. The predicted octanol–water partition coefficient (Wildman–Crippen LogP) is 4.18. The van der Waals surface area contributed by atoms with Crippen LogP contribution in [0, 0.1) is 0 Å². The number of pyridine rings is 1. The molecule has 1 aliphatic heterocycles. The fourth-order valence-electron chi connectivity index (χ4n) is 4.01. The van der Waals surface area contributed by atoms with Gasteiger partial charge in [0.1, 0.15) is 5.82 Å². The molecule has 160 valence electrons. The molecule has 2 heterocycles. The van der Waals surface area contributed by atoms with Crippen LogP contribution in [0.3, 0.4) is 0 Å². The van der Waals surface area contributed by atoms with E-state index in [4.69, 9.17) is 0 Å². The van der Waals surface area contributed by atoms with E-state index in [-0.39, 0.29) is 17.4 Å². The summed E-state index contributed by atoms with van der Waals surface area (Å²) >= 11 is 0. The van der Waals surface area contributed by atoms with Crippen LogP contribution >= 0.6 is 0 Å². The van der Waals surface area contributed by atoms with Crippen molar-refractivity contribution in [3.63, 3.8) is 0 Å². The third-order valence-corrected chi connectivity index (χ3v) is 6.06. The minimum Gasteiger partial charge on any atom is -0.349 e. The van der Waals surface area contributed by atoms with Crippen LogP contribution in [0.4, 0.5) is 5.82 Å². The Bertz CT molecular complexity index is 1180. The van der Waals surface area contributed by atoms with Crippen LogP contribution in [0.1, 0.15) is 40.7 Å². The molecular formula is C26H25N5O. The zero-order chi connectivity index (χ0) is 22.0. The first-order valence-corrected chi connectivity index (χ1v) is 10.8. The second-order valence-corrected chi connectivity index (χ2v) is 8.57. The number of nitrogens with zero attached hydrogens (tertiary/aromatic N) is 3. The van der Waals surface area contributed by atoms with Crippen LogP contribution in [0.5, 0.6) is 0 Å². The van der Waals surface area contributed by atoms with Crippen LogP contribution in [0.2, 0.25) is 0 Å². The first-order valence-electron chi connectivity index (χ1n) is 10.8. The van der Waals surface area contributed by atoms with Crippen LogP contribution in [0.15, 0.2) is 89.0 Å². The lowest BCUT2D eigenvalue weighted by atomic mass is 9.83. The van der Waals surface area contributed by atoms with Crippen molar-refractivity contribution in [1.82, 2.24) is 10.3 Å². The van der Waals surface area contributed by atoms with E-state index in [9.17, 15) is 4.79 Å². The molecule has 1 aromatic heterocycles.